The third-order valence-corrected chi connectivity index (χ3v) is 5.24. The van der Waals surface area contributed by atoms with Crippen LogP contribution in [0.3, 0.4) is 0 Å². The van der Waals surface area contributed by atoms with E-state index in [0.29, 0.717) is 29.6 Å². The van der Waals surface area contributed by atoms with Gasteiger partial charge in [-0.2, -0.15) is 0 Å². The number of nitrogens with zero attached hydrogens (tertiary/aromatic N) is 1. The molecule has 0 radical (unpaired) electrons. The third-order valence-electron chi connectivity index (χ3n) is 5.24. The van der Waals surface area contributed by atoms with E-state index in [4.69, 9.17) is 18.7 Å². The van der Waals surface area contributed by atoms with Gasteiger partial charge in [0.15, 0.2) is 23.0 Å². The van der Waals surface area contributed by atoms with Crippen LogP contribution in [0.25, 0.3) is 11.3 Å². The van der Waals surface area contributed by atoms with Crippen LogP contribution in [0.15, 0.2) is 53.1 Å². The molecule has 1 aliphatic rings. The van der Waals surface area contributed by atoms with Crippen molar-refractivity contribution in [3.63, 3.8) is 0 Å². The van der Waals surface area contributed by atoms with Crippen molar-refractivity contribution in [3.8, 4) is 28.6 Å². The summed E-state index contributed by atoms with van der Waals surface area (Å²) in [6, 6.07) is 13.5. The van der Waals surface area contributed by atoms with Crippen LogP contribution in [0.4, 0.5) is 0 Å². The van der Waals surface area contributed by atoms with Crippen LogP contribution < -0.4 is 24.8 Å². The van der Waals surface area contributed by atoms with Crippen molar-refractivity contribution in [1.82, 2.24) is 15.8 Å². The van der Waals surface area contributed by atoms with E-state index in [1.165, 1.54) is 6.07 Å². The van der Waals surface area contributed by atoms with E-state index in [-0.39, 0.29) is 24.3 Å². The van der Waals surface area contributed by atoms with Gasteiger partial charge in [0.25, 0.3) is 5.91 Å². The van der Waals surface area contributed by atoms with Gasteiger partial charge in [0.05, 0.1) is 7.11 Å². The SMILES string of the molecule is COc1cccc(-c2cc(C(=O)NC(C(=O)NCc3ccc4c(c3)OCO4)C(C)C)no2)c1. The Bertz CT molecular complexity index is 1160. The fourth-order valence-electron chi connectivity index (χ4n) is 3.39. The number of benzene rings is 2. The van der Waals surface area contributed by atoms with Crippen LogP contribution in [0.1, 0.15) is 29.9 Å². The molecule has 9 nitrogen and oxygen atoms in total. The number of hydrogen-bond acceptors (Lipinski definition) is 7. The Morgan fingerprint density at radius 2 is 1.91 bits per heavy atom. The quantitative estimate of drug-likeness (QED) is 0.541. The summed E-state index contributed by atoms with van der Waals surface area (Å²) in [5.41, 5.74) is 1.67. The van der Waals surface area contributed by atoms with E-state index in [0.717, 1.165) is 11.1 Å². The van der Waals surface area contributed by atoms with Gasteiger partial charge < -0.3 is 29.4 Å². The van der Waals surface area contributed by atoms with Crippen LogP contribution in [0.2, 0.25) is 0 Å². The Morgan fingerprint density at radius 1 is 1.09 bits per heavy atom. The topological polar surface area (TPSA) is 112 Å². The van der Waals surface area contributed by atoms with E-state index in [9.17, 15) is 9.59 Å². The molecule has 0 saturated heterocycles. The van der Waals surface area contributed by atoms with Crippen LogP contribution in [0.5, 0.6) is 17.2 Å². The summed E-state index contributed by atoms with van der Waals surface area (Å²) in [4.78, 5) is 25.6. The minimum atomic E-state index is -0.747. The lowest BCUT2D eigenvalue weighted by Gasteiger charge is -2.21. The molecule has 0 spiro atoms. The van der Waals surface area contributed by atoms with Crippen molar-refractivity contribution in [2.75, 3.05) is 13.9 Å². The molecule has 4 rings (SSSR count). The number of carbonyl (C=O) groups is 2. The highest BCUT2D eigenvalue weighted by Gasteiger charge is 2.26. The Kier molecular flexibility index (Phi) is 6.48. The fourth-order valence-corrected chi connectivity index (χ4v) is 3.39. The molecule has 2 aromatic carbocycles. The second kappa shape index (κ2) is 9.64. The maximum absolute atomic E-state index is 12.8. The Hall–Kier alpha value is -4.01. The van der Waals surface area contributed by atoms with Gasteiger partial charge in [-0.1, -0.05) is 37.2 Å². The molecule has 2 heterocycles. The molecule has 1 aliphatic heterocycles. The summed E-state index contributed by atoms with van der Waals surface area (Å²) in [6.45, 7) is 4.19. The van der Waals surface area contributed by atoms with E-state index in [1.807, 2.05) is 44.2 Å². The molecule has 0 aliphatic carbocycles. The Labute approximate surface area is 191 Å². The molecule has 0 bridgehead atoms. The molecule has 1 atom stereocenters. The number of rotatable bonds is 8. The summed E-state index contributed by atoms with van der Waals surface area (Å²) < 4.78 is 21.2. The zero-order chi connectivity index (χ0) is 23.4. The van der Waals surface area contributed by atoms with Crippen LogP contribution in [-0.2, 0) is 11.3 Å². The zero-order valence-corrected chi connectivity index (χ0v) is 18.6. The molecule has 0 saturated carbocycles. The smallest absolute Gasteiger partial charge is 0.274 e. The first-order valence-electron chi connectivity index (χ1n) is 10.5. The third kappa shape index (κ3) is 5.08. The van der Waals surface area contributed by atoms with Crippen molar-refractivity contribution in [1.29, 1.82) is 0 Å². The lowest BCUT2D eigenvalue weighted by atomic mass is 10.0. The molecule has 9 heteroatoms. The number of methoxy groups -OCH3 is 1. The largest absolute Gasteiger partial charge is 0.497 e. The average Bonchev–Trinajstić information content (AvgIpc) is 3.50. The molecule has 2 N–H and O–H groups in total. The highest BCUT2D eigenvalue weighted by Crippen LogP contribution is 2.32. The number of aromatic nitrogens is 1. The lowest BCUT2D eigenvalue weighted by Crippen LogP contribution is -2.49. The molecular weight excluding hydrogens is 426 g/mol. The van der Waals surface area contributed by atoms with Crippen LogP contribution >= 0.6 is 0 Å². The maximum Gasteiger partial charge on any atom is 0.274 e. The highest BCUT2D eigenvalue weighted by atomic mass is 16.7. The first-order valence-corrected chi connectivity index (χ1v) is 10.5. The van der Waals surface area contributed by atoms with Crippen molar-refractivity contribution < 1.29 is 28.3 Å². The number of hydrogen-bond donors (Lipinski definition) is 2. The van der Waals surface area contributed by atoms with E-state index in [2.05, 4.69) is 15.8 Å². The van der Waals surface area contributed by atoms with Crippen molar-refractivity contribution in [2.24, 2.45) is 5.92 Å². The second-order valence-corrected chi connectivity index (χ2v) is 7.91. The summed E-state index contributed by atoms with van der Waals surface area (Å²) in [6.07, 6.45) is 0. The van der Waals surface area contributed by atoms with Crippen molar-refractivity contribution >= 4 is 11.8 Å². The predicted molar refractivity (Wildman–Crippen MR) is 119 cm³/mol. The predicted octanol–water partition coefficient (Wildman–Crippen LogP) is 3.15. The summed E-state index contributed by atoms with van der Waals surface area (Å²) in [5.74, 6) is 1.47. The van der Waals surface area contributed by atoms with Crippen molar-refractivity contribution in [3.05, 3.63) is 59.8 Å². The molecule has 3 aromatic rings. The summed E-state index contributed by atoms with van der Waals surface area (Å²) in [7, 11) is 1.57. The number of amides is 2. The maximum atomic E-state index is 12.8. The molecular formula is C24H25N3O6. The standard InChI is InChI=1S/C24H25N3O6/c1-14(2)22(24(29)25-12-15-7-8-19-21(9-15)32-13-31-19)26-23(28)18-11-20(33-27-18)16-5-4-6-17(10-16)30-3/h4-11,14,22H,12-13H2,1-3H3,(H,25,29)(H,26,28). The monoisotopic (exact) mass is 451 g/mol. The number of ether oxygens (including phenoxy) is 3. The lowest BCUT2D eigenvalue weighted by molar-refractivity contribution is -0.124. The second-order valence-electron chi connectivity index (χ2n) is 7.91. The zero-order valence-electron chi connectivity index (χ0n) is 18.6. The van der Waals surface area contributed by atoms with Gasteiger partial charge >= 0.3 is 0 Å². The summed E-state index contributed by atoms with van der Waals surface area (Å²) >= 11 is 0. The van der Waals surface area contributed by atoms with Gasteiger partial charge in [-0.3, -0.25) is 9.59 Å². The van der Waals surface area contributed by atoms with Gasteiger partial charge in [0.1, 0.15) is 11.8 Å². The van der Waals surface area contributed by atoms with Gasteiger partial charge in [0, 0.05) is 18.2 Å². The fraction of sp³-hybridized carbons (Fsp3) is 0.292. The first kappa shape index (κ1) is 22.2. The normalized spacial score (nSPS) is 13.0. The minimum absolute atomic E-state index is 0.0852. The molecule has 1 unspecified atom stereocenters. The van der Waals surface area contributed by atoms with Gasteiger partial charge in [-0.25, -0.2) is 0 Å². The van der Waals surface area contributed by atoms with Crippen LogP contribution in [-0.4, -0.2) is 36.9 Å². The Balaban J connectivity index is 1.39. The number of carbonyl (C=O) groups excluding carboxylic acids is 2. The van der Waals surface area contributed by atoms with E-state index < -0.39 is 11.9 Å². The summed E-state index contributed by atoms with van der Waals surface area (Å²) in [5, 5.41) is 9.48. The molecule has 1 aromatic heterocycles. The van der Waals surface area contributed by atoms with E-state index >= 15 is 0 Å². The van der Waals surface area contributed by atoms with E-state index in [1.54, 1.807) is 19.2 Å². The highest BCUT2D eigenvalue weighted by molar-refractivity contribution is 5.96. The van der Waals surface area contributed by atoms with Gasteiger partial charge in [-0.05, 0) is 35.7 Å². The molecule has 2 amide bonds. The van der Waals surface area contributed by atoms with Gasteiger partial charge in [0.2, 0.25) is 12.7 Å². The molecule has 172 valence electrons. The number of nitrogens with one attached hydrogen (secondary N) is 2. The van der Waals surface area contributed by atoms with Crippen LogP contribution in [0, 0.1) is 5.92 Å². The molecule has 0 fully saturated rings. The van der Waals surface area contributed by atoms with Gasteiger partial charge in [-0.15, -0.1) is 0 Å². The first-order chi connectivity index (χ1) is 15.9. The van der Waals surface area contributed by atoms with Crippen molar-refractivity contribution in [2.45, 2.75) is 26.4 Å². The molecule has 33 heavy (non-hydrogen) atoms. The average molecular weight is 451 g/mol. The Morgan fingerprint density at radius 3 is 2.70 bits per heavy atom. The minimum Gasteiger partial charge on any atom is -0.497 e. The number of fused-ring (bicyclic) bond motifs is 1.